The van der Waals surface area contributed by atoms with Crippen LogP contribution in [0.25, 0.3) is 38.7 Å². The molecule has 7 heteroatoms. The van der Waals surface area contributed by atoms with E-state index in [9.17, 15) is 0 Å². The number of aromatic nitrogens is 6. The monoisotopic (exact) mass is 431 g/mol. The third-order valence-electron chi connectivity index (χ3n) is 6.50. The van der Waals surface area contributed by atoms with Crippen LogP contribution < -0.4 is 5.32 Å². The molecule has 2 aromatic carbocycles. The first-order valence-electron chi connectivity index (χ1n) is 11.2. The molecular weight excluding hydrogens is 410 g/mol. The van der Waals surface area contributed by atoms with E-state index >= 15 is 0 Å². The van der Waals surface area contributed by atoms with Crippen LogP contribution >= 0.6 is 0 Å². The van der Waals surface area contributed by atoms with Gasteiger partial charge in [-0.3, -0.25) is 4.98 Å². The van der Waals surface area contributed by atoms with E-state index in [1.54, 1.807) is 0 Å². The number of pyridine rings is 1. The average Bonchev–Trinajstić information content (AvgIpc) is 3.44. The number of nitrogens with zero attached hydrogens (tertiary/aromatic N) is 5. The van der Waals surface area contributed by atoms with E-state index in [1.807, 2.05) is 35.0 Å². The van der Waals surface area contributed by atoms with Gasteiger partial charge in [0.1, 0.15) is 0 Å². The van der Waals surface area contributed by atoms with E-state index < -0.39 is 0 Å². The Morgan fingerprint density at radius 2 is 1.97 bits per heavy atom. The number of rotatable bonds is 3. The van der Waals surface area contributed by atoms with Gasteiger partial charge in [-0.25, -0.2) is 0 Å². The zero-order chi connectivity index (χ0) is 21.8. The maximum atomic E-state index is 4.92. The zero-order valence-electron chi connectivity index (χ0n) is 17.9. The van der Waals surface area contributed by atoms with Gasteiger partial charge in [0.15, 0.2) is 11.5 Å². The highest BCUT2D eigenvalue weighted by atomic mass is 15.4. The normalized spacial score (nSPS) is 13.7. The summed E-state index contributed by atoms with van der Waals surface area (Å²) in [5.74, 6) is 0.819. The summed E-state index contributed by atoms with van der Waals surface area (Å²) in [6.45, 7) is 1.93. The van der Waals surface area contributed by atoms with Crippen LogP contribution in [0.4, 0.5) is 0 Å². The first kappa shape index (κ1) is 18.5. The molecule has 2 N–H and O–H groups in total. The van der Waals surface area contributed by atoms with Crippen molar-refractivity contribution in [2.45, 2.75) is 19.4 Å². The predicted octanol–water partition coefficient (Wildman–Crippen LogP) is 4.06. The van der Waals surface area contributed by atoms with Gasteiger partial charge in [-0.1, -0.05) is 18.2 Å². The molecule has 7 rings (SSSR count). The lowest BCUT2D eigenvalue weighted by atomic mass is 10.0. The van der Waals surface area contributed by atoms with E-state index in [0.29, 0.717) is 6.42 Å². The second-order valence-corrected chi connectivity index (χ2v) is 8.58. The van der Waals surface area contributed by atoms with Crippen molar-refractivity contribution in [3.05, 3.63) is 89.5 Å². The highest BCUT2D eigenvalue weighted by Gasteiger charge is 2.16. The van der Waals surface area contributed by atoms with Gasteiger partial charge in [-0.05, 0) is 53.6 Å². The van der Waals surface area contributed by atoms with Crippen molar-refractivity contribution in [1.82, 2.24) is 35.1 Å². The molecule has 6 aromatic rings. The zero-order valence-corrected chi connectivity index (χ0v) is 17.9. The molecule has 0 amide bonds. The van der Waals surface area contributed by atoms with Crippen LogP contribution in [0.1, 0.15) is 22.6 Å². The maximum Gasteiger partial charge on any atom is 0.177 e. The van der Waals surface area contributed by atoms with Crippen molar-refractivity contribution in [3.63, 3.8) is 0 Å². The number of aromatic amines is 1. The Kier molecular flexibility index (Phi) is 4.04. The second-order valence-electron chi connectivity index (χ2n) is 8.58. The van der Waals surface area contributed by atoms with E-state index in [1.165, 1.54) is 22.2 Å². The lowest BCUT2D eigenvalue weighted by Crippen LogP contribution is -2.22. The Balaban J connectivity index is 1.28. The standard InChI is InChI=1S/C26H21N7/c1-2-17-12-16(3-5-21(17)28-10-1)13-26-31-30-25-8-7-22(32-33(25)26)18-4-6-23-19(14-18)20-15-27-11-9-24(20)29-23/h1-8,10,12,14,27,29H,9,11,13,15H2. The maximum absolute atomic E-state index is 4.92. The molecule has 0 radical (unpaired) electrons. The topological polar surface area (TPSA) is 83.8 Å². The molecule has 1 aliphatic heterocycles. The molecule has 0 bridgehead atoms. The van der Waals surface area contributed by atoms with Crippen LogP contribution in [-0.2, 0) is 19.4 Å². The van der Waals surface area contributed by atoms with Crippen LogP contribution in [0.3, 0.4) is 0 Å². The number of H-pyrrole nitrogens is 1. The SMILES string of the molecule is c1cnc2ccc(Cc3nnc4ccc(-c5ccc6[nH]c7c(c6c5)CNCC7)nn34)cc2c1. The minimum atomic E-state index is 0.651. The minimum absolute atomic E-state index is 0.651. The first-order chi connectivity index (χ1) is 16.3. The Labute approximate surface area is 189 Å². The first-order valence-corrected chi connectivity index (χ1v) is 11.2. The van der Waals surface area contributed by atoms with E-state index in [2.05, 4.69) is 61.9 Å². The van der Waals surface area contributed by atoms with Gasteiger partial charge in [-0.2, -0.15) is 9.61 Å². The summed E-state index contributed by atoms with van der Waals surface area (Å²) in [6.07, 6.45) is 3.51. The van der Waals surface area contributed by atoms with Crippen molar-refractivity contribution >= 4 is 27.5 Å². The van der Waals surface area contributed by atoms with Gasteiger partial charge >= 0.3 is 0 Å². The summed E-state index contributed by atoms with van der Waals surface area (Å²) in [5, 5.41) is 19.6. The molecule has 0 fully saturated rings. The molecule has 4 aromatic heterocycles. The van der Waals surface area contributed by atoms with Gasteiger partial charge in [0, 0.05) is 59.7 Å². The van der Waals surface area contributed by atoms with Gasteiger partial charge in [0.25, 0.3) is 0 Å². The molecule has 7 nitrogen and oxygen atoms in total. The Morgan fingerprint density at radius 1 is 0.970 bits per heavy atom. The molecular formula is C26H21N7. The highest BCUT2D eigenvalue weighted by molar-refractivity contribution is 5.89. The molecule has 0 spiro atoms. The fourth-order valence-corrected chi connectivity index (χ4v) is 4.82. The van der Waals surface area contributed by atoms with Crippen molar-refractivity contribution < 1.29 is 0 Å². The van der Waals surface area contributed by atoms with Crippen molar-refractivity contribution in [3.8, 4) is 11.3 Å². The minimum Gasteiger partial charge on any atom is -0.358 e. The number of nitrogens with one attached hydrogen (secondary N) is 2. The Bertz CT molecular complexity index is 1660. The summed E-state index contributed by atoms with van der Waals surface area (Å²) >= 11 is 0. The predicted molar refractivity (Wildman–Crippen MR) is 128 cm³/mol. The molecule has 33 heavy (non-hydrogen) atoms. The van der Waals surface area contributed by atoms with Gasteiger partial charge < -0.3 is 10.3 Å². The second kappa shape index (κ2) is 7.21. The summed E-state index contributed by atoms with van der Waals surface area (Å²) in [6, 6.07) is 20.9. The number of fused-ring (bicyclic) bond motifs is 5. The third-order valence-corrected chi connectivity index (χ3v) is 6.50. The molecule has 160 valence electrons. The molecule has 0 aliphatic carbocycles. The van der Waals surface area contributed by atoms with Crippen LogP contribution in [0.15, 0.2) is 66.9 Å². The molecule has 1 aliphatic rings. The lowest BCUT2D eigenvalue weighted by molar-refractivity contribution is 0.641. The van der Waals surface area contributed by atoms with Crippen molar-refractivity contribution in [2.75, 3.05) is 6.54 Å². The number of hydrogen-bond donors (Lipinski definition) is 2. The number of benzene rings is 2. The molecule has 5 heterocycles. The van der Waals surface area contributed by atoms with Gasteiger partial charge in [0.05, 0.1) is 11.2 Å². The van der Waals surface area contributed by atoms with Crippen molar-refractivity contribution in [1.29, 1.82) is 0 Å². The summed E-state index contributed by atoms with van der Waals surface area (Å²) in [7, 11) is 0. The average molecular weight is 432 g/mol. The fraction of sp³-hybridized carbons (Fsp3) is 0.154. The fourth-order valence-electron chi connectivity index (χ4n) is 4.82. The van der Waals surface area contributed by atoms with E-state index in [-0.39, 0.29) is 0 Å². The smallest absolute Gasteiger partial charge is 0.177 e. The van der Waals surface area contributed by atoms with Crippen LogP contribution in [0.5, 0.6) is 0 Å². The number of hydrogen-bond acceptors (Lipinski definition) is 5. The molecule has 0 saturated heterocycles. The summed E-state index contributed by atoms with van der Waals surface area (Å²) in [5.41, 5.74) is 8.80. The van der Waals surface area contributed by atoms with Crippen molar-refractivity contribution in [2.24, 2.45) is 0 Å². The van der Waals surface area contributed by atoms with Crippen LogP contribution in [0.2, 0.25) is 0 Å². The molecule has 0 atom stereocenters. The highest BCUT2D eigenvalue weighted by Crippen LogP contribution is 2.29. The Hall–Kier alpha value is -4.10. The Morgan fingerprint density at radius 3 is 2.97 bits per heavy atom. The van der Waals surface area contributed by atoms with Crippen LogP contribution in [0, 0.1) is 0 Å². The van der Waals surface area contributed by atoms with Gasteiger partial charge in [0.2, 0.25) is 0 Å². The van der Waals surface area contributed by atoms with Crippen LogP contribution in [-0.4, -0.2) is 36.3 Å². The molecule has 0 saturated carbocycles. The van der Waals surface area contributed by atoms with E-state index in [4.69, 9.17) is 5.10 Å². The van der Waals surface area contributed by atoms with E-state index in [0.717, 1.165) is 58.7 Å². The molecule has 0 unspecified atom stereocenters. The quantitative estimate of drug-likeness (QED) is 0.442. The largest absolute Gasteiger partial charge is 0.358 e. The third kappa shape index (κ3) is 3.08. The van der Waals surface area contributed by atoms with Gasteiger partial charge in [-0.15, -0.1) is 10.2 Å². The lowest BCUT2D eigenvalue weighted by Gasteiger charge is -2.12. The summed E-state index contributed by atoms with van der Waals surface area (Å²) in [4.78, 5) is 7.99. The summed E-state index contributed by atoms with van der Waals surface area (Å²) < 4.78 is 1.86.